The summed E-state index contributed by atoms with van der Waals surface area (Å²) in [5.74, 6) is -1.10. The fourth-order valence-electron chi connectivity index (χ4n) is 3.64. The Morgan fingerprint density at radius 3 is 2.59 bits per heavy atom. The van der Waals surface area contributed by atoms with Crippen LogP contribution in [0, 0.1) is 12.7 Å². The van der Waals surface area contributed by atoms with E-state index < -0.39 is 21.4 Å². The summed E-state index contributed by atoms with van der Waals surface area (Å²) in [5.41, 5.74) is 9.07. The fourth-order valence-corrected chi connectivity index (χ4v) is 5.49. The first kappa shape index (κ1) is 22.1. The molecule has 32 heavy (non-hydrogen) atoms. The largest absolute Gasteiger partial charge is 0.368 e. The van der Waals surface area contributed by atoms with Gasteiger partial charge in [0.25, 0.3) is 0 Å². The Morgan fingerprint density at radius 2 is 1.88 bits per heavy atom. The van der Waals surface area contributed by atoms with Crippen molar-refractivity contribution in [3.05, 3.63) is 76.5 Å². The van der Waals surface area contributed by atoms with Gasteiger partial charge in [-0.05, 0) is 54.8 Å². The van der Waals surface area contributed by atoms with Crippen molar-refractivity contribution in [2.75, 3.05) is 5.73 Å². The van der Waals surface area contributed by atoms with Crippen molar-refractivity contribution in [1.82, 2.24) is 15.0 Å². The lowest BCUT2D eigenvalue weighted by atomic mass is 9.98. The summed E-state index contributed by atoms with van der Waals surface area (Å²) >= 11 is 6.03. The lowest BCUT2D eigenvalue weighted by molar-refractivity contribution is 0.582. The van der Waals surface area contributed by atoms with Gasteiger partial charge in [-0.15, -0.1) is 0 Å². The monoisotopic (exact) mass is 470 g/mol. The number of nitrogen functional groups attached to an aromatic ring is 1. The quantitative estimate of drug-likeness (QED) is 0.445. The Labute approximate surface area is 190 Å². The Morgan fingerprint density at radius 1 is 1.12 bits per heavy atom. The van der Waals surface area contributed by atoms with Gasteiger partial charge in [-0.2, -0.15) is 0 Å². The third-order valence-electron chi connectivity index (χ3n) is 5.21. The van der Waals surface area contributed by atoms with Crippen LogP contribution < -0.4 is 5.73 Å². The number of aromatic nitrogens is 3. The number of benzene rings is 2. The van der Waals surface area contributed by atoms with Gasteiger partial charge in [0.1, 0.15) is 11.6 Å². The predicted molar refractivity (Wildman–Crippen MR) is 124 cm³/mol. The average molecular weight is 471 g/mol. The van der Waals surface area contributed by atoms with Gasteiger partial charge in [-0.25, -0.2) is 22.8 Å². The molecule has 0 unspecified atom stereocenters. The first-order chi connectivity index (χ1) is 15.2. The zero-order valence-corrected chi connectivity index (χ0v) is 19.0. The number of nitrogens with two attached hydrogens (primary N) is 1. The molecule has 4 aromatic rings. The summed E-state index contributed by atoms with van der Waals surface area (Å²) in [7, 11) is -3.87. The molecule has 0 amide bonds. The van der Waals surface area contributed by atoms with Crippen molar-refractivity contribution < 1.29 is 12.8 Å². The zero-order chi connectivity index (χ0) is 23.0. The molecule has 0 spiro atoms. The molecule has 2 heterocycles. The maximum absolute atomic E-state index is 15.0. The second-order valence-electron chi connectivity index (χ2n) is 7.39. The van der Waals surface area contributed by atoms with Gasteiger partial charge >= 0.3 is 0 Å². The van der Waals surface area contributed by atoms with E-state index in [2.05, 4.69) is 15.0 Å². The molecule has 0 atom stereocenters. The highest BCUT2D eigenvalue weighted by Gasteiger charge is 2.22. The predicted octanol–water partition coefficient (Wildman–Crippen LogP) is 4.91. The normalized spacial score (nSPS) is 11.8. The summed E-state index contributed by atoms with van der Waals surface area (Å²) in [6.07, 6.45) is 2.33. The summed E-state index contributed by atoms with van der Waals surface area (Å²) in [4.78, 5) is 12.6. The van der Waals surface area contributed by atoms with E-state index in [0.29, 0.717) is 17.7 Å². The van der Waals surface area contributed by atoms with Crippen LogP contribution in [0.3, 0.4) is 0 Å². The molecule has 164 valence electrons. The number of aryl methyl sites for hydroxylation is 2. The van der Waals surface area contributed by atoms with Gasteiger partial charge in [0.2, 0.25) is 5.95 Å². The van der Waals surface area contributed by atoms with Crippen LogP contribution in [0.4, 0.5) is 10.3 Å². The minimum atomic E-state index is -3.87. The number of anilines is 1. The third-order valence-corrected chi connectivity index (χ3v) is 7.33. The molecule has 0 saturated heterocycles. The van der Waals surface area contributed by atoms with Crippen LogP contribution in [0.15, 0.2) is 53.6 Å². The van der Waals surface area contributed by atoms with Crippen LogP contribution in [0.1, 0.15) is 23.9 Å². The van der Waals surface area contributed by atoms with Crippen LogP contribution in [-0.2, 0) is 22.0 Å². The number of pyridine rings is 1. The molecule has 0 radical (unpaired) electrons. The topological polar surface area (TPSA) is 98.8 Å². The minimum Gasteiger partial charge on any atom is -0.368 e. The number of sulfone groups is 1. The second kappa shape index (κ2) is 8.44. The van der Waals surface area contributed by atoms with Crippen LogP contribution in [-0.4, -0.2) is 23.4 Å². The molecule has 6 nitrogen and oxygen atoms in total. The molecule has 0 bridgehead atoms. The molecule has 0 saturated carbocycles. The lowest BCUT2D eigenvalue weighted by Crippen LogP contribution is -2.10. The van der Waals surface area contributed by atoms with Crippen molar-refractivity contribution in [3.63, 3.8) is 0 Å². The number of halogens is 2. The number of nitrogens with zero attached hydrogens (tertiary/aromatic N) is 3. The molecular formula is C23H20ClFN4O2S. The molecule has 4 rings (SSSR count). The van der Waals surface area contributed by atoms with Crippen LogP contribution in [0.5, 0.6) is 0 Å². The molecule has 0 aliphatic rings. The maximum Gasteiger partial charge on any atom is 0.220 e. The molecule has 2 N–H and O–H groups in total. The molecule has 2 aromatic heterocycles. The van der Waals surface area contributed by atoms with Gasteiger partial charge in [0.05, 0.1) is 21.1 Å². The average Bonchev–Trinajstić information content (AvgIpc) is 2.75. The van der Waals surface area contributed by atoms with Crippen molar-refractivity contribution in [1.29, 1.82) is 0 Å². The van der Waals surface area contributed by atoms with Gasteiger partial charge in [-0.1, -0.05) is 30.7 Å². The van der Waals surface area contributed by atoms with E-state index in [1.807, 2.05) is 19.1 Å². The second-order valence-corrected chi connectivity index (χ2v) is 9.76. The minimum absolute atomic E-state index is 0.0500. The van der Waals surface area contributed by atoms with Gasteiger partial charge < -0.3 is 5.73 Å². The molecule has 9 heteroatoms. The van der Waals surface area contributed by atoms with E-state index in [-0.39, 0.29) is 21.6 Å². The highest BCUT2D eigenvalue weighted by molar-refractivity contribution is 7.90. The Balaban J connectivity index is 1.77. The van der Waals surface area contributed by atoms with E-state index in [4.69, 9.17) is 17.3 Å². The summed E-state index contributed by atoms with van der Waals surface area (Å²) in [5, 5.41) is 0.867. The van der Waals surface area contributed by atoms with Crippen LogP contribution in [0.25, 0.3) is 22.0 Å². The fraction of sp³-hybridized carbons (Fsp3) is 0.174. The van der Waals surface area contributed by atoms with Crippen molar-refractivity contribution in [2.24, 2.45) is 0 Å². The van der Waals surface area contributed by atoms with Crippen molar-refractivity contribution in [2.45, 2.75) is 30.9 Å². The lowest BCUT2D eigenvalue weighted by Gasteiger charge is -2.13. The van der Waals surface area contributed by atoms with E-state index in [1.54, 1.807) is 25.3 Å². The number of hydrogen-bond acceptors (Lipinski definition) is 6. The highest BCUT2D eigenvalue weighted by Crippen LogP contribution is 2.31. The van der Waals surface area contributed by atoms with Gasteiger partial charge in [0, 0.05) is 22.8 Å². The third kappa shape index (κ3) is 4.16. The smallest absolute Gasteiger partial charge is 0.220 e. The van der Waals surface area contributed by atoms with Crippen LogP contribution >= 0.6 is 11.6 Å². The number of rotatable bonds is 5. The molecule has 2 aromatic carbocycles. The molecular weight excluding hydrogens is 451 g/mol. The Bertz CT molecular complexity index is 1460. The zero-order valence-electron chi connectivity index (χ0n) is 17.4. The summed E-state index contributed by atoms with van der Waals surface area (Å²) in [6, 6.07) is 11.2. The first-order valence-corrected chi connectivity index (χ1v) is 11.9. The van der Waals surface area contributed by atoms with Gasteiger partial charge in [0.15, 0.2) is 9.84 Å². The molecule has 0 aliphatic carbocycles. The summed E-state index contributed by atoms with van der Waals surface area (Å²) in [6.45, 7) is 3.71. The van der Waals surface area contributed by atoms with E-state index in [1.165, 1.54) is 18.2 Å². The van der Waals surface area contributed by atoms with Crippen molar-refractivity contribution >= 4 is 38.3 Å². The molecule has 0 fully saturated rings. The Hall–Kier alpha value is -3.10. The van der Waals surface area contributed by atoms with Crippen molar-refractivity contribution in [3.8, 4) is 11.1 Å². The highest BCUT2D eigenvalue weighted by atomic mass is 35.5. The molecule has 0 aliphatic heterocycles. The number of fused-ring (bicyclic) bond motifs is 1. The Kier molecular flexibility index (Phi) is 5.83. The first-order valence-electron chi connectivity index (χ1n) is 9.88. The van der Waals surface area contributed by atoms with Gasteiger partial charge in [-0.3, -0.25) is 4.98 Å². The standard InChI is InChI=1S/C23H20ClFN4O2S/c1-3-14-8-15(9-16-11-27-23(26)29-22(14)16)17-10-19(25)20(28-13(17)2)12-32(30,31)21-7-5-4-6-18(21)24/h4-11H,3,12H2,1-2H3,(H2,26,27,29). The van der Waals surface area contributed by atoms with E-state index >= 15 is 4.39 Å². The maximum atomic E-state index is 15.0. The van der Waals surface area contributed by atoms with Crippen LogP contribution in [0.2, 0.25) is 5.02 Å². The SMILES string of the molecule is CCc1cc(-c2cc(F)c(CS(=O)(=O)c3ccccc3Cl)nc2C)cc2cnc(N)nc12. The number of hydrogen-bond donors (Lipinski definition) is 1. The van der Waals surface area contributed by atoms with E-state index in [0.717, 1.165) is 22.0 Å². The van der Waals surface area contributed by atoms with E-state index in [9.17, 15) is 8.42 Å². The summed E-state index contributed by atoms with van der Waals surface area (Å²) < 4.78 is 40.6.